The predicted octanol–water partition coefficient (Wildman–Crippen LogP) is 1.66. The molecule has 0 spiro atoms. The van der Waals surface area contributed by atoms with Gasteiger partial charge in [-0.05, 0) is 17.5 Å². The van der Waals surface area contributed by atoms with Gasteiger partial charge in [-0.15, -0.1) is 0 Å². The second-order valence-electron chi connectivity index (χ2n) is 5.38. The van der Waals surface area contributed by atoms with Gasteiger partial charge in [0.1, 0.15) is 5.69 Å². The molecule has 1 rings (SSSR count). The van der Waals surface area contributed by atoms with Gasteiger partial charge in [-0.2, -0.15) is 0 Å². The first-order valence-corrected chi connectivity index (χ1v) is 5.78. The van der Waals surface area contributed by atoms with Gasteiger partial charge in [0, 0.05) is 18.2 Å². The van der Waals surface area contributed by atoms with E-state index in [1.54, 1.807) is 0 Å². The molecular weight excluding hydrogens is 248 g/mol. The molecule has 0 aromatic heterocycles. The lowest BCUT2D eigenvalue weighted by molar-refractivity contribution is -0.384. The molecule has 0 fully saturated rings. The Labute approximate surface area is 111 Å². The van der Waals surface area contributed by atoms with E-state index in [0.717, 1.165) is 0 Å². The van der Waals surface area contributed by atoms with Crippen molar-refractivity contribution in [2.24, 2.45) is 11.3 Å². The first kappa shape index (κ1) is 14.9. The molecule has 0 heterocycles. The first-order chi connectivity index (χ1) is 8.74. The number of carbonyl (C=O) groups excluding carboxylic acids is 1. The number of amides is 1. The van der Waals surface area contributed by atoms with Gasteiger partial charge in [-0.3, -0.25) is 20.8 Å². The highest BCUT2D eigenvalue weighted by Gasteiger charge is 2.18. The maximum Gasteiger partial charge on any atom is 0.294 e. The van der Waals surface area contributed by atoms with Crippen molar-refractivity contribution in [2.45, 2.75) is 20.8 Å². The summed E-state index contributed by atoms with van der Waals surface area (Å²) in [7, 11) is 0. The van der Waals surface area contributed by atoms with Gasteiger partial charge in [0.15, 0.2) is 0 Å². The van der Waals surface area contributed by atoms with Crippen LogP contribution in [0.4, 0.5) is 11.4 Å². The molecule has 0 unspecified atom stereocenters. The third-order valence-corrected chi connectivity index (χ3v) is 2.39. The summed E-state index contributed by atoms with van der Waals surface area (Å²) in [4.78, 5) is 22.1. The van der Waals surface area contributed by atoms with E-state index in [1.807, 2.05) is 20.8 Å². The standard InChI is InChI=1S/C12H18N4O3/c1-12(2,3)7-14-11(17)8-4-5-9(15-13)10(6-8)16(18)19/h4-6,15H,7,13H2,1-3H3,(H,14,17). The van der Waals surface area contributed by atoms with Gasteiger partial charge in [-0.1, -0.05) is 20.8 Å². The van der Waals surface area contributed by atoms with E-state index in [2.05, 4.69) is 10.7 Å². The molecule has 0 saturated heterocycles. The highest BCUT2D eigenvalue weighted by atomic mass is 16.6. The molecule has 0 saturated carbocycles. The SMILES string of the molecule is CC(C)(C)CNC(=O)c1ccc(NN)c([N+](=O)[O-])c1. The highest BCUT2D eigenvalue weighted by Crippen LogP contribution is 2.24. The molecule has 1 amide bonds. The van der Waals surface area contributed by atoms with Crippen LogP contribution in [0.1, 0.15) is 31.1 Å². The Morgan fingerprint density at radius 1 is 1.42 bits per heavy atom. The Morgan fingerprint density at radius 2 is 2.05 bits per heavy atom. The normalized spacial score (nSPS) is 10.9. The third kappa shape index (κ3) is 4.22. The summed E-state index contributed by atoms with van der Waals surface area (Å²) >= 11 is 0. The summed E-state index contributed by atoms with van der Waals surface area (Å²) in [5.74, 6) is 4.83. The van der Waals surface area contributed by atoms with Gasteiger partial charge in [0.2, 0.25) is 0 Å². The van der Waals surface area contributed by atoms with Crippen LogP contribution in [-0.4, -0.2) is 17.4 Å². The molecule has 0 aliphatic heterocycles. The molecule has 7 nitrogen and oxygen atoms in total. The molecule has 0 radical (unpaired) electrons. The van der Waals surface area contributed by atoms with Crippen LogP contribution >= 0.6 is 0 Å². The van der Waals surface area contributed by atoms with Gasteiger partial charge >= 0.3 is 0 Å². The van der Waals surface area contributed by atoms with E-state index >= 15 is 0 Å². The van der Waals surface area contributed by atoms with E-state index in [1.165, 1.54) is 18.2 Å². The zero-order chi connectivity index (χ0) is 14.6. The van der Waals surface area contributed by atoms with E-state index in [9.17, 15) is 14.9 Å². The van der Waals surface area contributed by atoms with Crippen LogP contribution in [0.5, 0.6) is 0 Å². The van der Waals surface area contributed by atoms with Crippen molar-refractivity contribution < 1.29 is 9.72 Å². The van der Waals surface area contributed by atoms with Crippen LogP contribution in [-0.2, 0) is 0 Å². The summed E-state index contributed by atoms with van der Waals surface area (Å²) in [6, 6.07) is 4.09. The number of hydrogen-bond acceptors (Lipinski definition) is 5. The number of nitro benzene ring substituents is 1. The van der Waals surface area contributed by atoms with Crippen LogP contribution < -0.4 is 16.6 Å². The van der Waals surface area contributed by atoms with Crippen LogP contribution in [0.2, 0.25) is 0 Å². The van der Waals surface area contributed by atoms with Crippen molar-refractivity contribution in [1.29, 1.82) is 0 Å². The lowest BCUT2D eigenvalue weighted by Gasteiger charge is -2.18. The quantitative estimate of drug-likeness (QED) is 0.436. The van der Waals surface area contributed by atoms with Gasteiger partial charge in [0.05, 0.1) is 4.92 Å². The topological polar surface area (TPSA) is 110 Å². The van der Waals surface area contributed by atoms with Crippen molar-refractivity contribution in [2.75, 3.05) is 12.0 Å². The fraction of sp³-hybridized carbons (Fsp3) is 0.417. The molecule has 0 bridgehead atoms. The number of nitrogens with zero attached hydrogens (tertiary/aromatic N) is 1. The lowest BCUT2D eigenvalue weighted by atomic mass is 9.97. The molecule has 0 aliphatic rings. The van der Waals surface area contributed by atoms with Crippen molar-refractivity contribution in [3.8, 4) is 0 Å². The van der Waals surface area contributed by atoms with Crippen LogP contribution in [0.3, 0.4) is 0 Å². The molecule has 7 heteroatoms. The Morgan fingerprint density at radius 3 is 2.53 bits per heavy atom. The second-order valence-corrected chi connectivity index (χ2v) is 5.38. The number of anilines is 1. The first-order valence-electron chi connectivity index (χ1n) is 5.78. The summed E-state index contributed by atoms with van der Waals surface area (Å²) in [5.41, 5.74) is 2.34. The van der Waals surface area contributed by atoms with Crippen LogP contribution in [0.25, 0.3) is 0 Å². The monoisotopic (exact) mass is 266 g/mol. The number of nitrogen functional groups attached to an aromatic ring is 1. The van der Waals surface area contributed by atoms with Gasteiger partial charge < -0.3 is 10.7 Å². The minimum Gasteiger partial charge on any atom is -0.352 e. The summed E-state index contributed by atoms with van der Waals surface area (Å²) in [6.07, 6.45) is 0. The number of nitro groups is 1. The molecule has 1 aromatic rings. The lowest BCUT2D eigenvalue weighted by Crippen LogP contribution is -2.32. The highest BCUT2D eigenvalue weighted by molar-refractivity contribution is 5.95. The number of rotatable bonds is 4. The van der Waals surface area contributed by atoms with Gasteiger partial charge in [-0.25, -0.2) is 0 Å². The van der Waals surface area contributed by atoms with E-state index in [-0.39, 0.29) is 28.3 Å². The third-order valence-electron chi connectivity index (χ3n) is 2.39. The number of hydrogen-bond donors (Lipinski definition) is 3. The number of benzene rings is 1. The Hall–Kier alpha value is -2.15. The van der Waals surface area contributed by atoms with Crippen molar-refractivity contribution in [1.82, 2.24) is 5.32 Å². The fourth-order valence-electron chi connectivity index (χ4n) is 1.39. The van der Waals surface area contributed by atoms with E-state index in [0.29, 0.717) is 6.54 Å². The van der Waals surface area contributed by atoms with Crippen molar-refractivity contribution in [3.63, 3.8) is 0 Å². The zero-order valence-electron chi connectivity index (χ0n) is 11.2. The zero-order valence-corrected chi connectivity index (χ0v) is 11.2. The minimum absolute atomic E-state index is 0.0552. The molecule has 0 atom stereocenters. The number of carbonyl (C=O) groups is 1. The number of nitrogens with one attached hydrogen (secondary N) is 2. The average Bonchev–Trinajstić information content (AvgIpc) is 2.34. The number of hydrazine groups is 1. The van der Waals surface area contributed by atoms with Gasteiger partial charge in [0.25, 0.3) is 11.6 Å². The Kier molecular flexibility index (Phi) is 4.44. The molecule has 4 N–H and O–H groups in total. The predicted molar refractivity (Wildman–Crippen MR) is 72.7 cm³/mol. The summed E-state index contributed by atoms with van der Waals surface area (Å²) in [5, 5.41) is 13.6. The largest absolute Gasteiger partial charge is 0.352 e. The summed E-state index contributed by atoms with van der Waals surface area (Å²) in [6.45, 7) is 6.43. The van der Waals surface area contributed by atoms with E-state index in [4.69, 9.17) is 5.84 Å². The van der Waals surface area contributed by atoms with Crippen molar-refractivity contribution in [3.05, 3.63) is 33.9 Å². The second kappa shape index (κ2) is 5.66. The maximum atomic E-state index is 11.9. The minimum atomic E-state index is -0.588. The molecule has 104 valence electrons. The van der Waals surface area contributed by atoms with E-state index < -0.39 is 4.92 Å². The summed E-state index contributed by atoms with van der Waals surface area (Å²) < 4.78 is 0. The molecule has 19 heavy (non-hydrogen) atoms. The molecule has 1 aromatic carbocycles. The molecule has 0 aliphatic carbocycles. The smallest absolute Gasteiger partial charge is 0.294 e. The van der Waals surface area contributed by atoms with Crippen molar-refractivity contribution >= 4 is 17.3 Å². The fourth-order valence-corrected chi connectivity index (χ4v) is 1.39. The maximum absolute atomic E-state index is 11.9. The van der Waals surface area contributed by atoms with Crippen LogP contribution in [0.15, 0.2) is 18.2 Å². The number of nitrogens with two attached hydrogens (primary N) is 1. The Balaban J connectivity index is 2.93. The molecular formula is C12H18N4O3. The van der Waals surface area contributed by atoms with Crippen LogP contribution in [0, 0.1) is 15.5 Å². The average molecular weight is 266 g/mol. The Bertz CT molecular complexity index is 494.